The van der Waals surface area contributed by atoms with E-state index in [-0.39, 0.29) is 11.6 Å². The fraction of sp³-hybridized carbons (Fsp3) is 0.625. The SMILES string of the molecule is CCC(C)(C(O)Cc1ccc(C)c(C)c1)N(C)C. The van der Waals surface area contributed by atoms with Crippen molar-refractivity contribution in [2.24, 2.45) is 0 Å². The van der Waals surface area contributed by atoms with Crippen molar-refractivity contribution in [2.75, 3.05) is 14.1 Å². The van der Waals surface area contributed by atoms with E-state index in [1.54, 1.807) is 0 Å². The molecular weight excluding hydrogens is 222 g/mol. The summed E-state index contributed by atoms with van der Waals surface area (Å²) in [6, 6.07) is 6.44. The lowest BCUT2D eigenvalue weighted by Crippen LogP contribution is -2.51. The fourth-order valence-corrected chi connectivity index (χ4v) is 2.22. The van der Waals surface area contributed by atoms with Crippen molar-refractivity contribution in [1.82, 2.24) is 4.90 Å². The summed E-state index contributed by atoms with van der Waals surface area (Å²) in [4.78, 5) is 2.12. The molecule has 18 heavy (non-hydrogen) atoms. The summed E-state index contributed by atoms with van der Waals surface area (Å²) in [5.74, 6) is 0. The summed E-state index contributed by atoms with van der Waals surface area (Å²) in [6.07, 6.45) is 1.30. The maximum absolute atomic E-state index is 10.5. The van der Waals surface area contributed by atoms with Gasteiger partial charge in [0.25, 0.3) is 0 Å². The number of likely N-dealkylation sites (N-methyl/N-ethyl adjacent to an activating group) is 1. The molecule has 2 nitrogen and oxygen atoms in total. The van der Waals surface area contributed by atoms with Gasteiger partial charge in [0.2, 0.25) is 0 Å². The molecule has 1 aromatic rings. The molecule has 0 saturated carbocycles. The Bertz CT molecular complexity index is 400. The molecule has 1 aromatic carbocycles. The quantitative estimate of drug-likeness (QED) is 0.867. The maximum Gasteiger partial charge on any atom is 0.0761 e. The first kappa shape index (κ1) is 15.2. The second kappa shape index (κ2) is 5.85. The van der Waals surface area contributed by atoms with Gasteiger partial charge in [-0.25, -0.2) is 0 Å². The highest BCUT2D eigenvalue weighted by Gasteiger charge is 2.33. The van der Waals surface area contributed by atoms with E-state index in [4.69, 9.17) is 0 Å². The molecule has 0 saturated heterocycles. The van der Waals surface area contributed by atoms with Crippen molar-refractivity contribution >= 4 is 0 Å². The van der Waals surface area contributed by atoms with Gasteiger partial charge in [0.15, 0.2) is 0 Å². The van der Waals surface area contributed by atoms with Gasteiger partial charge >= 0.3 is 0 Å². The lowest BCUT2D eigenvalue weighted by atomic mass is 9.86. The van der Waals surface area contributed by atoms with Gasteiger partial charge in [-0.2, -0.15) is 0 Å². The number of rotatable bonds is 5. The van der Waals surface area contributed by atoms with E-state index in [0.29, 0.717) is 6.42 Å². The number of nitrogens with zero attached hydrogens (tertiary/aromatic N) is 1. The van der Waals surface area contributed by atoms with Crippen LogP contribution in [0, 0.1) is 13.8 Å². The van der Waals surface area contributed by atoms with E-state index in [1.165, 1.54) is 16.7 Å². The molecule has 2 heteroatoms. The smallest absolute Gasteiger partial charge is 0.0761 e. The number of aryl methyl sites for hydroxylation is 2. The topological polar surface area (TPSA) is 23.5 Å². The summed E-state index contributed by atoms with van der Waals surface area (Å²) >= 11 is 0. The third-order valence-electron chi connectivity index (χ3n) is 4.46. The maximum atomic E-state index is 10.5. The molecule has 102 valence electrons. The third-order valence-corrected chi connectivity index (χ3v) is 4.46. The number of hydrogen-bond acceptors (Lipinski definition) is 2. The first-order valence-electron chi connectivity index (χ1n) is 6.73. The lowest BCUT2D eigenvalue weighted by Gasteiger charge is -2.40. The number of hydrogen-bond donors (Lipinski definition) is 1. The largest absolute Gasteiger partial charge is 0.391 e. The molecule has 2 unspecified atom stereocenters. The zero-order valence-electron chi connectivity index (χ0n) is 12.6. The van der Waals surface area contributed by atoms with E-state index < -0.39 is 0 Å². The van der Waals surface area contributed by atoms with Crippen LogP contribution in [-0.2, 0) is 6.42 Å². The second-order valence-corrected chi connectivity index (χ2v) is 5.74. The van der Waals surface area contributed by atoms with Gasteiger partial charge < -0.3 is 10.0 Å². The van der Waals surface area contributed by atoms with E-state index in [0.717, 1.165) is 6.42 Å². The highest BCUT2D eigenvalue weighted by Crippen LogP contribution is 2.24. The van der Waals surface area contributed by atoms with Gasteiger partial charge in [0.1, 0.15) is 0 Å². The summed E-state index contributed by atoms with van der Waals surface area (Å²) in [5.41, 5.74) is 3.65. The molecule has 0 aliphatic rings. The molecule has 0 fully saturated rings. The molecule has 0 spiro atoms. The van der Waals surface area contributed by atoms with E-state index in [2.05, 4.69) is 50.8 Å². The summed E-state index contributed by atoms with van der Waals surface area (Å²) in [5, 5.41) is 10.5. The first-order valence-corrected chi connectivity index (χ1v) is 6.73. The van der Waals surface area contributed by atoms with Gasteiger partial charge in [-0.3, -0.25) is 0 Å². The zero-order chi connectivity index (χ0) is 13.9. The molecule has 2 atom stereocenters. The van der Waals surface area contributed by atoms with Crippen molar-refractivity contribution in [2.45, 2.75) is 52.2 Å². The Morgan fingerprint density at radius 3 is 2.28 bits per heavy atom. The number of benzene rings is 1. The minimum absolute atomic E-state index is 0.168. The van der Waals surface area contributed by atoms with Crippen molar-refractivity contribution < 1.29 is 5.11 Å². The van der Waals surface area contributed by atoms with Crippen LogP contribution in [0.3, 0.4) is 0 Å². The van der Waals surface area contributed by atoms with Crippen LogP contribution in [0.1, 0.15) is 37.0 Å². The standard InChI is InChI=1S/C16H27NO/c1-7-16(4,17(5)6)15(18)11-14-9-8-12(2)13(3)10-14/h8-10,15,18H,7,11H2,1-6H3. The summed E-state index contributed by atoms with van der Waals surface area (Å²) in [6.45, 7) is 8.49. The Labute approximate surface area is 112 Å². The van der Waals surface area contributed by atoms with E-state index in [1.807, 2.05) is 14.1 Å². The van der Waals surface area contributed by atoms with Crippen LogP contribution in [0.5, 0.6) is 0 Å². The number of aliphatic hydroxyl groups excluding tert-OH is 1. The van der Waals surface area contributed by atoms with Crippen LogP contribution in [0.4, 0.5) is 0 Å². The van der Waals surface area contributed by atoms with Crippen LogP contribution in [0.25, 0.3) is 0 Å². The predicted octanol–water partition coefficient (Wildman–Crippen LogP) is 2.94. The van der Waals surface area contributed by atoms with E-state index >= 15 is 0 Å². The highest BCUT2D eigenvalue weighted by atomic mass is 16.3. The molecule has 0 aromatic heterocycles. The molecule has 0 aliphatic carbocycles. The van der Waals surface area contributed by atoms with Gasteiger partial charge in [0, 0.05) is 12.0 Å². The molecule has 0 aliphatic heterocycles. The average Bonchev–Trinajstić information content (AvgIpc) is 2.32. The van der Waals surface area contributed by atoms with Gasteiger partial charge in [-0.05, 0) is 58.0 Å². The molecule has 1 N–H and O–H groups in total. The molecule has 0 heterocycles. The van der Waals surface area contributed by atoms with Crippen LogP contribution in [-0.4, -0.2) is 35.7 Å². The van der Waals surface area contributed by atoms with Crippen molar-refractivity contribution in [3.8, 4) is 0 Å². The Hall–Kier alpha value is -0.860. The van der Waals surface area contributed by atoms with Crippen molar-refractivity contribution in [1.29, 1.82) is 0 Å². The van der Waals surface area contributed by atoms with Crippen LogP contribution < -0.4 is 0 Å². The normalized spacial score (nSPS) is 16.7. The van der Waals surface area contributed by atoms with Crippen molar-refractivity contribution in [3.05, 3.63) is 34.9 Å². The third kappa shape index (κ3) is 3.12. The molecule has 0 radical (unpaired) electrons. The van der Waals surface area contributed by atoms with Gasteiger partial charge in [0.05, 0.1) is 6.10 Å². The van der Waals surface area contributed by atoms with Crippen molar-refractivity contribution in [3.63, 3.8) is 0 Å². The zero-order valence-corrected chi connectivity index (χ0v) is 12.6. The first-order chi connectivity index (χ1) is 8.31. The highest BCUT2D eigenvalue weighted by molar-refractivity contribution is 5.30. The molecule has 1 rings (SSSR count). The lowest BCUT2D eigenvalue weighted by molar-refractivity contribution is 0.00300. The Morgan fingerprint density at radius 2 is 1.83 bits per heavy atom. The average molecular weight is 249 g/mol. The molecule has 0 bridgehead atoms. The van der Waals surface area contributed by atoms with Crippen LogP contribution >= 0.6 is 0 Å². The van der Waals surface area contributed by atoms with Crippen LogP contribution in [0.15, 0.2) is 18.2 Å². The summed E-state index contributed by atoms with van der Waals surface area (Å²) in [7, 11) is 4.07. The fourth-order valence-electron chi connectivity index (χ4n) is 2.22. The predicted molar refractivity (Wildman–Crippen MR) is 78.0 cm³/mol. The summed E-state index contributed by atoms with van der Waals surface area (Å²) < 4.78 is 0. The van der Waals surface area contributed by atoms with Gasteiger partial charge in [-0.1, -0.05) is 25.1 Å². The number of aliphatic hydroxyl groups is 1. The monoisotopic (exact) mass is 249 g/mol. The van der Waals surface area contributed by atoms with Gasteiger partial charge in [-0.15, -0.1) is 0 Å². The molecular formula is C16H27NO. The second-order valence-electron chi connectivity index (χ2n) is 5.74. The minimum atomic E-state index is -0.348. The Balaban J connectivity index is 2.86. The van der Waals surface area contributed by atoms with E-state index in [9.17, 15) is 5.11 Å². The van der Waals surface area contributed by atoms with Crippen LogP contribution in [0.2, 0.25) is 0 Å². The Kier molecular flexibility index (Phi) is 4.94. The molecule has 0 amide bonds. The minimum Gasteiger partial charge on any atom is -0.391 e. The Morgan fingerprint density at radius 1 is 1.22 bits per heavy atom.